The lowest BCUT2D eigenvalue weighted by Gasteiger charge is -2.30. The minimum absolute atomic E-state index is 0.245. The van der Waals surface area contributed by atoms with Crippen LogP contribution in [0.25, 0.3) is 11.3 Å². The Labute approximate surface area is 159 Å². The monoisotopic (exact) mass is 392 g/mol. The van der Waals surface area contributed by atoms with Crippen molar-refractivity contribution in [2.75, 3.05) is 33.1 Å². The van der Waals surface area contributed by atoms with Crippen LogP contribution in [0.15, 0.2) is 18.3 Å². The van der Waals surface area contributed by atoms with E-state index in [4.69, 9.17) is 9.47 Å². The minimum atomic E-state index is -3.21. The van der Waals surface area contributed by atoms with Gasteiger partial charge in [0.1, 0.15) is 11.4 Å². The molecule has 27 heavy (non-hydrogen) atoms. The summed E-state index contributed by atoms with van der Waals surface area (Å²) in [7, 11) is -1.55. The van der Waals surface area contributed by atoms with Gasteiger partial charge in [0.15, 0.2) is 0 Å². The van der Waals surface area contributed by atoms with Gasteiger partial charge in [0, 0.05) is 18.7 Å². The molecular weight excluding hydrogens is 368 g/mol. The summed E-state index contributed by atoms with van der Waals surface area (Å²) in [4.78, 5) is 0. The quantitative estimate of drug-likeness (QED) is 0.757. The largest absolute Gasteiger partial charge is 0.496 e. The van der Waals surface area contributed by atoms with Crippen LogP contribution in [0.5, 0.6) is 5.75 Å². The van der Waals surface area contributed by atoms with Crippen LogP contribution in [-0.2, 0) is 34.1 Å². The Morgan fingerprint density at radius 1 is 1.30 bits per heavy atom. The highest BCUT2D eigenvalue weighted by atomic mass is 32.2. The fourth-order valence-corrected chi connectivity index (χ4v) is 4.64. The van der Waals surface area contributed by atoms with Gasteiger partial charge in [-0.05, 0) is 42.5 Å². The van der Waals surface area contributed by atoms with Gasteiger partial charge < -0.3 is 9.47 Å². The summed E-state index contributed by atoms with van der Waals surface area (Å²) in [5.74, 6) is 0.805. The van der Waals surface area contributed by atoms with Crippen LogP contribution < -0.4 is 4.74 Å². The third kappa shape index (κ3) is 3.85. The van der Waals surface area contributed by atoms with E-state index in [0.717, 1.165) is 29.8 Å². The van der Waals surface area contributed by atoms with Crippen molar-refractivity contribution >= 4 is 10.0 Å². The molecule has 9 heteroatoms. The number of benzene rings is 1. The molecule has 1 aromatic heterocycles. The fourth-order valence-electron chi connectivity index (χ4n) is 3.79. The number of aryl methyl sites for hydroxylation is 2. The highest BCUT2D eigenvalue weighted by molar-refractivity contribution is 7.88. The molecule has 0 N–H and O–H groups in total. The fraction of sp³-hybridized carbons (Fsp3) is 0.556. The molecule has 4 rings (SSSR count). The van der Waals surface area contributed by atoms with Crippen molar-refractivity contribution in [1.82, 2.24) is 19.3 Å². The molecule has 0 radical (unpaired) electrons. The normalized spacial score (nSPS) is 20.6. The second-order valence-corrected chi connectivity index (χ2v) is 9.10. The first kappa shape index (κ1) is 18.4. The number of hydrogen-bond acceptors (Lipinski definition) is 6. The van der Waals surface area contributed by atoms with Crippen molar-refractivity contribution in [2.24, 2.45) is 0 Å². The predicted octanol–water partition coefficient (Wildman–Crippen LogP) is 1.10. The number of rotatable bonds is 5. The molecule has 1 fully saturated rings. The van der Waals surface area contributed by atoms with E-state index >= 15 is 0 Å². The Hall–Kier alpha value is -1.97. The summed E-state index contributed by atoms with van der Waals surface area (Å²) in [6, 6.07) is 4.25. The van der Waals surface area contributed by atoms with Crippen LogP contribution in [0.1, 0.15) is 17.5 Å². The number of methoxy groups -OCH3 is 1. The lowest BCUT2D eigenvalue weighted by molar-refractivity contribution is -0.0120. The van der Waals surface area contributed by atoms with E-state index in [9.17, 15) is 8.42 Å². The maximum atomic E-state index is 11.8. The third-order valence-corrected chi connectivity index (χ3v) is 6.46. The predicted molar refractivity (Wildman–Crippen MR) is 100 cm³/mol. The van der Waals surface area contributed by atoms with E-state index in [1.807, 2.05) is 6.20 Å². The Balaban J connectivity index is 1.53. The lowest BCUT2D eigenvalue weighted by atomic mass is 10.0. The van der Waals surface area contributed by atoms with Crippen LogP contribution in [-0.4, -0.2) is 66.9 Å². The third-order valence-electron chi connectivity index (χ3n) is 5.19. The highest BCUT2D eigenvalue weighted by Gasteiger charge is 2.27. The van der Waals surface area contributed by atoms with Crippen molar-refractivity contribution < 1.29 is 17.9 Å². The SMILES string of the molecule is COc1cc2c(cc1-c1cn(CC3CN(S(C)(=O)=O)CCO3)nn1)CCC2. The van der Waals surface area contributed by atoms with E-state index in [1.54, 1.807) is 11.8 Å². The van der Waals surface area contributed by atoms with Gasteiger partial charge in [-0.2, -0.15) is 4.31 Å². The molecular formula is C18H24N4O4S. The second kappa shape index (κ2) is 7.21. The molecule has 2 heterocycles. The van der Waals surface area contributed by atoms with E-state index in [-0.39, 0.29) is 6.10 Å². The van der Waals surface area contributed by atoms with E-state index < -0.39 is 10.0 Å². The number of morpholine rings is 1. The highest BCUT2D eigenvalue weighted by Crippen LogP contribution is 2.35. The Kier molecular flexibility index (Phi) is 4.92. The van der Waals surface area contributed by atoms with Crippen molar-refractivity contribution in [3.63, 3.8) is 0 Å². The lowest BCUT2D eigenvalue weighted by Crippen LogP contribution is -2.46. The average molecular weight is 392 g/mol. The van der Waals surface area contributed by atoms with Crippen LogP contribution >= 0.6 is 0 Å². The van der Waals surface area contributed by atoms with Crippen molar-refractivity contribution in [3.8, 4) is 17.0 Å². The van der Waals surface area contributed by atoms with Gasteiger partial charge in [-0.25, -0.2) is 13.1 Å². The summed E-state index contributed by atoms with van der Waals surface area (Å²) >= 11 is 0. The van der Waals surface area contributed by atoms with Gasteiger partial charge >= 0.3 is 0 Å². The number of aromatic nitrogens is 3. The summed E-state index contributed by atoms with van der Waals surface area (Å²) in [5, 5.41) is 8.51. The molecule has 0 amide bonds. The molecule has 1 atom stereocenters. The van der Waals surface area contributed by atoms with Crippen LogP contribution in [0.2, 0.25) is 0 Å². The molecule has 1 saturated heterocycles. The zero-order valence-corrected chi connectivity index (χ0v) is 16.4. The second-order valence-electron chi connectivity index (χ2n) is 7.11. The number of fused-ring (bicyclic) bond motifs is 1. The van der Waals surface area contributed by atoms with Crippen molar-refractivity contribution in [3.05, 3.63) is 29.5 Å². The summed E-state index contributed by atoms with van der Waals surface area (Å²) < 4.78 is 37.9. The van der Waals surface area contributed by atoms with Crippen LogP contribution in [0, 0.1) is 0 Å². The van der Waals surface area contributed by atoms with Gasteiger partial charge in [0.2, 0.25) is 10.0 Å². The maximum absolute atomic E-state index is 11.8. The van der Waals surface area contributed by atoms with Gasteiger partial charge in [-0.3, -0.25) is 0 Å². The molecule has 1 aliphatic heterocycles. The van der Waals surface area contributed by atoms with E-state index in [2.05, 4.69) is 22.4 Å². The van der Waals surface area contributed by atoms with Crippen LogP contribution in [0.3, 0.4) is 0 Å². The molecule has 0 spiro atoms. The Bertz CT molecular complexity index is 941. The Morgan fingerprint density at radius 3 is 2.81 bits per heavy atom. The Morgan fingerprint density at radius 2 is 2.07 bits per heavy atom. The zero-order valence-electron chi connectivity index (χ0n) is 15.6. The van der Waals surface area contributed by atoms with Gasteiger partial charge in [-0.15, -0.1) is 5.10 Å². The van der Waals surface area contributed by atoms with Crippen LogP contribution in [0.4, 0.5) is 0 Å². The standard InChI is InChI=1S/C18H24N4O4S/c1-25-18-9-14-5-3-4-13(14)8-16(18)17-12-21(20-19-17)10-15-11-22(6-7-26-15)27(2,23)24/h8-9,12,15H,3-7,10-11H2,1-2H3. The zero-order chi connectivity index (χ0) is 19.0. The molecule has 2 aromatic rings. The number of ether oxygens (including phenoxy) is 2. The first-order chi connectivity index (χ1) is 12.9. The summed E-state index contributed by atoms with van der Waals surface area (Å²) in [6.45, 7) is 1.56. The molecule has 1 aliphatic carbocycles. The smallest absolute Gasteiger partial charge is 0.211 e. The van der Waals surface area contributed by atoms with Gasteiger partial charge in [0.25, 0.3) is 0 Å². The molecule has 0 bridgehead atoms. The maximum Gasteiger partial charge on any atom is 0.211 e. The first-order valence-corrected chi connectivity index (χ1v) is 11.0. The molecule has 8 nitrogen and oxygen atoms in total. The molecule has 0 saturated carbocycles. The van der Waals surface area contributed by atoms with Gasteiger partial charge in [-0.1, -0.05) is 5.21 Å². The average Bonchev–Trinajstić information content (AvgIpc) is 3.28. The van der Waals surface area contributed by atoms with E-state index in [0.29, 0.717) is 26.2 Å². The number of sulfonamides is 1. The number of nitrogens with zero attached hydrogens (tertiary/aromatic N) is 4. The molecule has 1 aromatic carbocycles. The number of hydrogen-bond donors (Lipinski definition) is 0. The van der Waals surface area contributed by atoms with Crippen molar-refractivity contribution in [1.29, 1.82) is 0 Å². The summed E-state index contributed by atoms with van der Waals surface area (Å²) in [5.41, 5.74) is 4.38. The molecule has 2 aliphatic rings. The minimum Gasteiger partial charge on any atom is -0.496 e. The summed E-state index contributed by atoms with van der Waals surface area (Å²) in [6.07, 6.45) is 6.19. The topological polar surface area (TPSA) is 86.5 Å². The molecule has 146 valence electrons. The molecule has 1 unspecified atom stereocenters. The van der Waals surface area contributed by atoms with Gasteiger partial charge in [0.05, 0.1) is 38.8 Å². The van der Waals surface area contributed by atoms with Crippen molar-refractivity contribution in [2.45, 2.75) is 31.9 Å². The van der Waals surface area contributed by atoms with E-state index in [1.165, 1.54) is 28.1 Å². The first-order valence-electron chi connectivity index (χ1n) is 9.11.